The molecule has 0 fully saturated rings. The minimum Gasteiger partial charge on any atom is -0.267 e. The molecule has 0 aliphatic carbocycles. The van der Waals surface area contributed by atoms with Gasteiger partial charge in [0.15, 0.2) is 6.21 Å². The van der Waals surface area contributed by atoms with Gasteiger partial charge in [-0.15, -0.1) is 0 Å². The molecule has 0 saturated heterocycles. The zero-order valence-electron chi connectivity index (χ0n) is 5.73. The zero-order chi connectivity index (χ0) is 6.41. The van der Waals surface area contributed by atoms with Gasteiger partial charge in [0.25, 0.3) is 0 Å². The van der Waals surface area contributed by atoms with Crippen molar-refractivity contribution < 1.29 is 0 Å². The Morgan fingerprint density at radius 2 is 2.38 bits per heavy atom. The average Bonchev–Trinajstić information content (AvgIpc) is 1.83. The molecular formula is C6H13N2+. The Morgan fingerprint density at radius 1 is 1.75 bits per heavy atom. The lowest BCUT2D eigenvalue weighted by Gasteiger charge is -1.81. The maximum atomic E-state index is 4.04. The van der Waals surface area contributed by atoms with Crippen LogP contribution in [0.25, 0.3) is 0 Å². The van der Waals surface area contributed by atoms with Crippen molar-refractivity contribution in [3.63, 3.8) is 0 Å². The molecule has 0 bridgehead atoms. The predicted molar refractivity (Wildman–Crippen MR) is 38.2 cm³/mol. The van der Waals surface area contributed by atoms with Crippen molar-refractivity contribution in [1.82, 2.24) is 9.98 Å². The molecule has 0 spiro atoms. The molecule has 0 radical (unpaired) electrons. The van der Waals surface area contributed by atoms with Crippen LogP contribution >= 0.6 is 0 Å². The van der Waals surface area contributed by atoms with E-state index < -0.39 is 0 Å². The summed E-state index contributed by atoms with van der Waals surface area (Å²) < 4.78 is 4.04. The van der Waals surface area contributed by atoms with Crippen LogP contribution in [-0.4, -0.2) is 19.1 Å². The molecule has 0 aromatic heterocycles. The van der Waals surface area contributed by atoms with E-state index in [1.807, 2.05) is 14.0 Å². The van der Waals surface area contributed by atoms with Crippen molar-refractivity contribution in [3.05, 3.63) is 0 Å². The zero-order valence-corrected chi connectivity index (χ0v) is 5.73. The van der Waals surface area contributed by atoms with E-state index in [0.717, 1.165) is 12.3 Å². The van der Waals surface area contributed by atoms with E-state index >= 15 is 0 Å². The van der Waals surface area contributed by atoms with Crippen LogP contribution in [0.5, 0.6) is 0 Å². The Hall–Kier alpha value is -0.750. The first-order valence-electron chi connectivity index (χ1n) is 2.87. The molecule has 0 rings (SSSR count). The molecule has 0 aromatic carbocycles. The van der Waals surface area contributed by atoms with Gasteiger partial charge in [0.1, 0.15) is 0 Å². The van der Waals surface area contributed by atoms with E-state index in [1.165, 1.54) is 0 Å². The molecule has 0 atom stereocenters. The highest BCUT2D eigenvalue weighted by Gasteiger charge is 1.95. The van der Waals surface area contributed by atoms with E-state index in [4.69, 9.17) is 0 Å². The van der Waals surface area contributed by atoms with Crippen molar-refractivity contribution in [1.29, 1.82) is 0 Å². The van der Waals surface area contributed by atoms with Crippen molar-refractivity contribution in [2.45, 2.75) is 20.3 Å². The number of hydrogen-bond acceptors (Lipinski definition) is 0. The highest BCUT2D eigenvalue weighted by molar-refractivity contribution is 5.83. The van der Waals surface area contributed by atoms with Crippen molar-refractivity contribution in [3.8, 4) is 0 Å². The summed E-state index contributed by atoms with van der Waals surface area (Å²) >= 11 is 0. The second-order valence-corrected chi connectivity index (χ2v) is 1.44. The van der Waals surface area contributed by atoms with Crippen LogP contribution in [0.3, 0.4) is 0 Å². The molecule has 0 unspecified atom stereocenters. The largest absolute Gasteiger partial charge is 0.341 e. The minimum atomic E-state index is 0.973. The summed E-state index contributed by atoms with van der Waals surface area (Å²) in [5.41, 5.74) is 0. The SMILES string of the molecule is CC=[N+]=C(CC)NC. The fourth-order valence-corrected chi connectivity index (χ4v) is 0.488. The van der Waals surface area contributed by atoms with Crippen LogP contribution in [-0.2, 0) is 0 Å². The monoisotopic (exact) mass is 113 g/mol. The summed E-state index contributed by atoms with van der Waals surface area (Å²) in [4.78, 5) is 0. The Kier molecular flexibility index (Phi) is 4.00. The number of hydrogen-bond donors (Lipinski definition) is 1. The highest BCUT2D eigenvalue weighted by atomic mass is 14.9. The standard InChI is InChI=1S/C6H12N2/c1-4-6(7-3)8-5-2/h5H,4H2,1-3H3/p+1. The van der Waals surface area contributed by atoms with Gasteiger partial charge in [0, 0.05) is 6.92 Å². The average molecular weight is 113 g/mol. The van der Waals surface area contributed by atoms with Crippen LogP contribution < -0.4 is 9.98 Å². The van der Waals surface area contributed by atoms with Gasteiger partial charge < -0.3 is 0 Å². The van der Waals surface area contributed by atoms with E-state index in [0.29, 0.717) is 0 Å². The number of amidine groups is 1. The Bertz CT molecular complexity index is 104. The van der Waals surface area contributed by atoms with Gasteiger partial charge in [-0.1, -0.05) is 6.92 Å². The van der Waals surface area contributed by atoms with E-state index in [2.05, 4.69) is 16.9 Å². The first-order valence-corrected chi connectivity index (χ1v) is 2.87. The quantitative estimate of drug-likeness (QED) is 0.293. The van der Waals surface area contributed by atoms with Crippen LogP contribution in [0.1, 0.15) is 20.3 Å². The molecule has 0 heterocycles. The van der Waals surface area contributed by atoms with Gasteiger partial charge in [0.2, 0.25) is 0 Å². The highest BCUT2D eigenvalue weighted by Crippen LogP contribution is 1.68. The van der Waals surface area contributed by atoms with Gasteiger partial charge in [-0.05, 0) is 0 Å². The smallest absolute Gasteiger partial charge is 0.267 e. The molecule has 2 nitrogen and oxygen atoms in total. The molecule has 1 N–H and O–H groups in total. The number of nitrogens with zero attached hydrogens (tertiary/aromatic N) is 1. The molecule has 0 aliphatic heterocycles. The van der Waals surface area contributed by atoms with Crippen LogP contribution in [0.2, 0.25) is 0 Å². The second kappa shape index (κ2) is 4.41. The maximum absolute atomic E-state index is 4.04. The molecular weight excluding hydrogens is 100 g/mol. The van der Waals surface area contributed by atoms with Gasteiger partial charge in [-0.25, -0.2) is 4.67 Å². The predicted octanol–water partition coefficient (Wildman–Crippen LogP) is 0.172. The van der Waals surface area contributed by atoms with Gasteiger partial charge in [-0.2, -0.15) is 0 Å². The third-order valence-corrected chi connectivity index (χ3v) is 0.908. The fraction of sp³-hybridized carbons (Fsp3) is 0.667. The van der Waals surface area contributed by atoms with Crippen molar-refractivity contribution >= 4 is 12.1 Å². The molecule has 0 amide bonds. The minimum absolute atomic E-state index is 0.973. The molecule has 46 valence electrons. The van der Waals surface area contributed by atoms with E-state index in [-0.39, 0.29) is 0 Å². The number of rotatable bonds is 1. The third-order valence-electron chi connectivity index (χ3n) is 0.908. The van der Waals surface area contributed by atoms with E-state index in [9.17, 15) is 0 Å². The topological polar surface area (TPSA) is 26.1 Å². The van der Waals surface area contributed by atoms with Crippen molar-refractivity contribution in [2.75, 3.05) is 7.05 Å². The Labute approximate surface area is 50.4 Å². The summed E-state index contributed by atoms with van der Waals surface area (Å²) in [6.07, 6.45) is 2.76. The summed E-state index contributed by atoms with van der Waals surface area (Å²) in [5, 5.41) is 2.97. The first-order chi connectivity index (χ1) is 3.85. The maximum Gasteiger partial charge on any atom is 0.341 e. The molecule has 0 aliphatic rings. The lowest BCUT2D eigenvalue weighted by molar-refractivity contribution is 1.08. The summed E-state index contributed by atoms with van der Waals surface area (Å²) in [5.74, 6) is 1.03. The summed E-state index contributed by atoms with van der Waals surface area (Å²) in [6, 6.07) is 0. The van der Waals surface area contributed by atoms with Crippen LogP contribution in [0, 0.1) is 0 Å². The van der Waals surface area contributed by atoms with Crippen molar-refractivity contribution in [2.24, 2.45) is 0 Å². The second-order valence-electron chi connectivity index (χ2n) is 1.44. The van der Waals surface area contributed by atoms with Gasteiger partial charge >= 0.3 is 5.84 Å². The fourth-order valence-electron chi connectivity index (χ4n) is 0.488. The lowest BCUT2D eigenvalue weighted by Crippen LogP contribution is -2.19. The molecule has 2 heteroatoms. The Morgan fingerprint density at radius 3 is 2.50 bits per heavy atom. The normalized spacial score (nSPS) is 7.38. The molecule has 8 heavy (non-hydrogen) atoms. The summed E-state index contributed by atoms with van der Waals surface area (Å²) in [7, 11) is 1.88. The Balaban J connectivity index is 3.87. The molecule has 0 saturated carbocycles. The van der Waals surface area contributed by atoms with Gasteiger partial charge in [-0.3, -0.25) is 5.32 Å². The van der Waals surface area contributed by atoms with Crippen LogP contribution in [0.4, 0.5) is 0 Å². The lowest BCUT2D eigenvalue weighted by atomic mass is 10.4. The summed E-state index contributed by atoms with van der Waals surface area (Å²) in [6.45, 7) is 3.98. The van der Waals surface area contributed by atoms with Crippen LogP contribution in [0.15, 0.2) is 0 Å². The third kappa shape index (κ3) is 2.43. The number of nitrogens with one attached hydrogen (secondary N) is 1. The molecule has 0 aromatic rings. The van der Waals surface area contributed by atoms with E-state index in [1.54, 1.807) is 6.21 Å². The first kappa shape index (κ1) is 7.25. The van der Waals surface area contributed by atoms with Gasteiger partial charge in [0.05, 0.1) is 13.5 Å².